The number of pyridine rings is 2. The van der Waals surface area contributed by atoms with Crippen LogP contribution in [0.4, 0.5) is 5.69 Å². The Labute approximate surface area is 212 Å². The van der Waals surface area contributed by atoms with Crippen molar-refractivity contribution >= 4 is 28.8 Å². The zero-order valence-electron chi connectivity index (χ0n) is 20.1. The molecule has 0 radical (unpaired) electrons. The molecule has 5 aromatic rings. The Hall–Kier alpha value is -4.24. The molecule has 0 aliphatic carbocycles. The van der Waals surface area contributed by atoms with Crippen LogP contribution in [-0.2, 0) is 7.05 Å². The Bertz CT molecular complexity index is 1640. The molecule has 9 nitrogen and oxygen atoms in total. The summed E-state index contributed by atoms with van der Waals surface area (Å²) in [5.41, 5.74) is 5.33. The van der Waals surface area contributed by atoms with Crippen molar-refractivity contribution in [3.05, 3.63) is 88.2 Å². The number of hydrogen-bond acceptors (Lipinski definition) is 6. The van der Waals surface area contributed by atoms with Crippen LogP contribution in [0.25, 0.3) is 17.0 Å². The molecule has 1 aromatic carbocycles. The van der Waals surface area contributed by atoms with E-state index in [2.05, 4.69) is 15.2 Å². The SMILES string of the molecule is COc1ccc(-c2nc3c(n2C)C(c2ccc(Cl)cc2)N(c2cc(C)c4nnc(C)n4c2)C3=O)cn1. The molecule has 1 aliphatic rings. The van der Waals surface area contributed by atoms with Gasteiger partial charge in [0.15, 0.2) is 11.3 Å². The lowest BCUT2D eigenvalue weighted by molar-refractivity contribution is 0.0989. The molecule has 0 fully saturated rings. The van der Waals surface area contributed by atoms with Crippen LogP contribution in [0.5, 0.6) is 5.88 Å². The maximum atomic E-state index is 14.0. The van der Waals surface area contributed by atoms with Gasteiger partial charge in [0.1, 0.15) is 17.7 Å². The lowest BCUT2D eigenvalue weighted by Crippen LogP contribution is -2.30. The Morgan fingerprint density at radius 2 is 1.83 bits per heavy atom. The molecular formula is C26H22ClN7O2. The predicted octanol–water partition coefficient (Wildman–Crippen LogP) is 4.55. The maximum absolute atomic E-state index is 14.0. The van der Waals surface area contributed by atoms with Crippen molar-refractivity contribution in [1.82, 2.24) is 29.1 Å². The number of aryl methyl sites for hydroxylation is 2. The summed E-state index contributed by atoms with van der Waals surface area (Å²) in [5, 5.41) is 9.08. The van der Waals surface area contributed by atoms with E-state index in [0.29, 0.717) is 22.4 Å². The number of amides is 1. The number of aromatic nitrogens is 6. The van der Waals surface area contributed by atoms with Crippen molar-refractivity contribution in [3.63, 3.8) is 0 Å². The molecule has 0 saturated heterocycles. The number of benzene rings is 1. The van der Waals surface area contributed by atoms with Crippen LogP contribution >= 0.6 is 11.6 Å². The molecule has 0 saturated carbocycles. The quantitative estimate of drug-likeness (QED) is 0.360. The fourth-order valence-electron chi connectivity index (χ4n) is 4.83. The minimum absolute atomic E-state index is 0.183. The minimum Gasteiger partial charge on any atom is -0.481 e. The summed E-state index contributed by atoms with van der Waals surface area (Å²) in [4.78, 5) is 24.8. The van der Waals surface area contributed by atoms with Crippen LogP contribution < -0.4 is 9.64 Å². The second kappa shape index (κ2) is 8.17. The molecule has 1 aliphatic heterocycles. The molecule has 0 bridgehead atoms. The topological polar surface area (TPSA) is 90.4 Å². The molecule has 5 heterocycles. The van der Waals surface area contributed by atoms with E-state index in [4.69, 9.17) is 21.3 Å². The van der Waals surface area contributed by atoms with E-state index < -0.39 is 6.04 Å². The second-order valence-electron chi connectivity index (χ2n) is 8.77. The summed E-state index contributed by atoms with van der Waals surface area (Å²) in [6.07, 6.45) is 3.60. The normalized spacial score (nSPS) is 15.1. The second-order valence-corrected chi connectivity index (χ2v) is 9.21. The molecule has 6 rings (SSSR count). The number of nitrogens with zero attached hydrogens (tertiary/aromatic N) is 7. The monoisotopic (exact) mass is 499 g/mol. The van der Waals surface area contributed by atoms with Gasteiger partial charge in [-0.15, -0.1) is 10.2 Å². The highest BCUT2D eigenvalue weighted by Crippen LogP contribution is 2.43. The number of carbonyl (C=O) groups excluding carboxylic acids is 1. The van der Waals surface area contributed by atoms with Crippen LogP contribution in [0.1, 0.15) is 39.2 Å². The molecule has 0 N–H and O–H groups in total. The summed E-state index contributed by atoms with van der Waals surface area (Å²) in [6.45, 7) is 3.85. The molecule has 1 amide bonds. The van der Waals surface area contributed by atoms with E-state index in [9.17, 15) is 4.79 Å². The molecular weight excluding hydrogens is 478 g/mol. The highest BCUT2D eigenvalue weighted by atomic mass is 35.5. The van der Waals surface area contributed by atoms with Gasteiger partial charge in [0.2, 0.25) is 5.88 Å². The van der Waals surface area contributed by atoms with Crippen molar-refractivity contribution in [2.45, 2.75) is 19.9 Å². The fourth-order valence-corrected chi connectivity index (χ4v) is 4.95. The smallest absolute Gasteiger partial charge is 0.279 e. The molecule has 36 heavy (non-hydrogen) atoms. The molecule has 180 valence electrons. The van der Waals surface area contributed by atoms with Gasteiger partial charge in [0.05, 0.1) is 18.5 Å². The van der Waals surface area contributed by atoms with E-state index in [-0.39, 0.29) is 5.91 Å². The predicted molar refractivity (Wildman–Crippen MR) is 136 cm³/mol. The van der Waals surface area contributed by atoms with Gasteiger partial charge >= 0.3 is 0 Å². The Balaban J connectivity index is 1.54. The minimum atomic E-state index is -0.407. The largest absolute Gasteiger partial charge is 0.481 e. The van der Waals surface area contributed by atoms with Crippen molar-refractivity contribution in [2.24, 2.45) is 7.05 Å². The number of imidazole rings is 1. The first kappa shape index (κ1) is 22.2. The molecule has 0 spiro atoms. The third-order valence-corrected chi connectivity index (χ3v) is 6.84. The van der Waals surface area contributed by atoms with Crippen molar-refractivity contribution in [1.29, 1.82) is 0 Å². The van der Waals surface area contributed by atoms with Gasteiger partial charge in [-0.2, -0.15) is 0 Å². The van der Waals surface area contributed by atoms with Gasteiger partial charge in [0.25, 0.3) is 5.91 Å². The van der Waals surface area contributed by atoms with E-state index in [1.54, 1.807) is 24.3 Å². The van der Waals surface area contributed by atoms with Gasteiger partial charge in [-0.05, 0) is 49.2 Å². The fraction of sp³-hybridized carbons (Fsp3) is 0.192. The van der Waals surface area contributed by atoms with Crippen molar-refractivity contribution in [3.8, 4) is 17.3 Å². The first-order valence-corrected chi connectivity index (χ1v) is 11.7. The van der Waals surface area contributed by atoms with E-state index in [0.717, 1.165) is 39.5 Å². The average molecular weight is 500 g/mol. The van der Waals surface area contributed by atoms with Crippen molar-refractivity contribution in [2.75, 3.05) is 12.0 Å². The van der Waals surface area contributed by atoms with Crippen molar-refractivity contribution < 1.29 is 9.53 Å². The summed E-state index contributed by atoms with van der Waals surface area (Å²) in [7, 11) is 3.49. The van der Waals surface area contributed by atoms with Gasteiger partial charge in [-0.1, -0.05) is 23.7 Å². The Morgan fingerprint density at radius 1 is 1.06 bits per heavy atom. The van der Waals surface area contributed by atoms with E-state index in [1.807, 2.05) is 72.5 Å². The summed E-state index contributed by atoms with van der Waals surface area (Å²) in [5.74, 6) is 1.73. The lowest BCUT2D eigenvalue weighted by Gasteiger charge is -2.27. The standard InChI is InChI=1S/C26H22ClN7O2/c1-14-11-19(13-33-15(2)30-31-24(14)33)34-22(16-5-8-18(27)9-6-16)23-21(26(34)35)29-25(32(23)3)17-7-10-20(36-4)28-12-17/h5-13,22H,1-4H3. The highest BCUT2D eigenvalue weighted by Gasteiger charge is 2.44. The molecule has 10 heteroatoms. The maximum Gasteiger partial charge on any atom is 0.279 e. The van der Waals surface area contributed by atoms with Gasteiger partial charge in [-0.3, -0.25) is 14.1 Å². The summed E-state index contributed by atoms with van der Waals surface area (Å²) >= 11 is 6.20. The first-order chi connectivity index (χ1) is 17.4. The van der Waals surface area contributed by atoms with E-state index in [1.165, 1.54) is 0 Å². The first-order valence-electron chi connectivity index (χ1n) is 11.4. The van der Waals surface area contributed by atoms with Gasteiger partial charge in [0, 0.05) is 36.1 Å². The third-order valence-electron chi connectivity index (χ3n) is 6.59. The zero-order chi connectivity index (χ0) is 25.1. The van der Waals surface area contributed by atoms with Crippen LogP contribution in [0.15, 0.2) is 54.9 Å². The highest BCUT2D eigenvalue weighted by molar-refractivity contribution is 6.30. The zero-order valence-corrected chi connectivity index (χ0v) is 20.9. The average Bonchev–Trinajstić information content (AvgIpc) is 3.52. The molecule has 1 atom stereocenters. The number of hydrogen-bond donors (Lipinski definition) is 0. The molecule has 1 unspecified atom stereocenters. The van der Waals surface area contributed by atoms with Gasteiger partial charge < -0.3 is 9.30 Å². The third kappa shape index (κ3) is 3.27. The summed E-state index contributed by atoms with van der Waals surface area (Å²) in [6, 6.07) is 12.8. The van der Waals surface area contributed by atoms with E-state index >= 15 is 0 Å². The lowest BCUT2D eigenvalue weighted by atomic mass is 10.0. The van der Waals surface area contributed by atoms with Crippen LogP contribution in [-0.4, -0.2) is 42.2 Å². The number of ether oxygens (including phenoxy) is 1. The van der Waals surface area contributed by atoms with Crippen LogP contribution in [0.2, 0.25) is 5.02 Å². The Kier molecular flexibility index (Phi) is 5.04. The summed E-state index contributed by atoms with van der Waals surface area (Å²) < 4.78 is 9.05. The number of halogens is 1. The number of anilines is 1. The number of rotatable bonds is 4. The number of fused-ring (bicyclic) bond motifs is 2. The number of methoxy groups -OCH3 is 1. The van der Waals surface area contributed by atoms with Gasteiger partial charge in [-0.25, -0.2) is 9.97 Å². The molecule has 4 aromatic heterocycles. The van der Waals surface area contributed by atoms with Crippen LogP contribution in [0, 0.1) is 13.8 Å². The van der Waals surface area contributed by atoms with Crippen LogP contribution in [0.3, 0.4) is 0 Å². The Morgan fingerprint density at radius 3 is 2.53 bits per heavy atom. The number of carbonyl (C=O) groups is 1.